The zero-order valence-corrected chi connectivity index (χ0v) is 8.71. The fourth-order valence-corrected chi connectivity index (χ4v) is 1.15. The van der Waals surface area contributed by atoms with E-state index in [0.717, 1.165) is 17.9 Å². The van der Waals surface area contributed by atoms with Crippen LogP contribution in [0.1, 0.15) is 11.3 Å². The summed E-state index contributed by atoms with van der Waals surface area (Å²) in [5.74, 6) is 0.885. The smallest absolute Gasteiger partial charge is 0.133 e. The Kier molecular flexibility index (Phi) is 5.29. The summed E-state index contributed by atoms with van der Waals surface area (Å²) in [6.45, 7) is 2.52. The molecule has 1 aromatic rings. The third-order valence-electron chi connectivity index (χ3n) is 1.87. The van der Waals surface area contributed by atoms with Crippen LogP contribution in [0.2, 0.25) is 0 Å². The van der Waals surface area contributed by atoms with Crippen LogP contribution in [-0.4, -0.2) is 27.4 Å². The monoisotopic (exact) mass is 199 g/mol. The minimum Gasteiger partial charge on any atom is -0.467 e. The molecular weight excluding hydrogens is 182 g/mol. The topological polar surface area (TPSA) is 43.6 Å². The molecule has 0 aromatic carbocycles. The summed E-state index contributed by atoms with van der Waals surface area (Å²) >= 11 is 0. The highest BCUT2D eigenvalue weighted by atomic mass is 16.5. The van der Waals surface area contributed by atoms with Gasteiger partial charge in [0.25, 0.3) is 0 Å². The van der Waals surface area contributed by atoms with E-state index in [0.29, 0.717) is 19.8 Å². The highest BCUT2D eigenvalue weighted by Gasteiger charge is 2.04. The second-order valence-corrected chi connectivity index (χ2v) is 2.94. The van der Waals surface area contributed by atoms with Crippen molar-refractivity contribution in [1.29, 1.82) is 0 Å². The van der Waals surface area contributed by atoms with Gasteiger partial charge in [0.05, 0.1) is 19.5 Å². The number of rotatable bonds is 7. The normalized spacial score (nSPS) is 10.7. The first kappa shape index (κ1) is 11.2. The van der Waals surface area contributed by atoms with Crippen LogP contribution in [0.25, 0.3) is 0 Å². The van der Waals surface area contributed by atoms with E-state index in [9.17, 15) is 0 Å². The van der Waals surface area contributed by atoms with Gasteiger partial charge in [-0.25, -0.2) is 0 Å². The van der Waals surface area contributed by atoms with Crippen LogP contribution < -0.4 is 5.32 Å². The van der Waals surface area contributed by atoms with E-state index in [-0.39, 0.29) is 0 Å². The lowest BCUT2D eigenvalue weighted by Gasteiger charge is -2.03. The van der Waals surface area contributed by atoms with Gasteiger partial charge in [0, 0.05) is 19.2 Å². The van der Waals surface area contributed by atoms with E-state index in [4.69, 9.17) is 13.9 Å². The lowest BCUT2D eigenvalue weighted by molar-refractivity contribution is 0.0533. The van der Waals surface area contributed by atoms with Crippen molar-refractivity contribution < 1.29 is 13.9 Å². The van der Waals surface area contributed by atoms with Gasteiger partial charge < -0.3 is 19.2 Å². The lowest BCUT2D eigenvalue weighted by Crippen LogP contribution is -2.07. The molecule has 0 radical (unpaired) electrons. The average Bonchev–Trinajstić information content (AvgIpc) is 2.61. The van der Waals surface area contributed by atoms with Gasteiger partial charge in [0.2, 0.25) is 0 Å². The van der Waals surface area contributed by atoms with E-state index in [1.807, 2.05) is 13.1 Å². The maximum atomic E-state index is 5.36. The summed E-state index contributed by atoms with van der Waals surface area (Å²) < 4.78 is 15.5. The number of methoxy groups -OCH3 is 1. The zero-order valence-electron chi connectivity index (χ0n) is 8.71. The second kappa shape index (κ2) is 6.59. The number of furan rings is 1. The number of nitrogens with one attached hydrogen (secondary N) is 1. The average molecular weight is 199 g/mol. The minimum absolute atomic E-state index is 0.507. The van der Waals surface area contributed by atoms with E-state index >= 15 is 0 Å². The molecule has 1 aromatic heterocycles. The molecule has 0 spiro atoms. The third kappa shape index (κ3) is 3.49. The van der Waals surface area contributed by atoms with Crippen LogP contribution in [0, 0.1) is 0 Å². The van der Waals surface area contributed by atoms with Crippen molar-refractivity contribution >= 4 is 0 Å². The van der Waals surface area contributed by atoms with Crippen molar-refractivity contribution in [2.75, 3.05) is 27.4 Å². The van der Waals surface area contributed by atoms with Gasteiger partial charge in [-0.2, -0.15) is 0 Å². The van der Waals surface area contributed by atoms with Gasteiger partial charge in [-0.1, -0.05) is 0 Å². The first-order chi connectivity index (χ1) is 6.88. The third-order valence-corrected chi connectivity index (χ3v) is 1.87. The molecule has 1 N–H and O–H groups in total. The molecule has 4 heteroatoms. The van der Waals surface area contributed by atoms with Crippen LogP contribution in [0.15, 0.2) is 16.7 Å². The Morgan fingerprint density at radius 2 is 2.29 bits per heavy atom. The Hall–Kier alpha value is -0.840. The summed E-state index contributed by atoms with van der Waals surface area (Å²) in [7, 11) is 3.56. The quantitative estimate of drug-likeness (QED) is 0.669. The van der Waals surface area contributed by atoms with Crippen LogP contribution in [0.3, 0.4) is 0 Å². The molecule has 14 heavy (non-hydrogen) atoms. The van der Waals surface area contributed by atoms with Crippen molar-refractivity contribution in [3.8, 4) is 0 Å². The van der Waals surface area contributed by atoms with Crippen molar-refractivity contribution in [3.63, 3.8) is 0 Å². The maximum Gasteiger partial charge on any atom is 0.133 e. The molecule has 0 aliphatic heterocycles. The molecule has 1 rings (SSSR count). The van der Waals surface area contributed by atoms with E-state index < -0.39 is 0 Å². The first-order valence-corrected chi connectivity index (χ1v) is 4.65. The molecule has 0 saturated heterocycles. The molecule has 0 atom stereocenters. The molecule has 4 nitrogen and oxygen atoms in total. The van der Waals surface area contributed by atoms with Crippen molar-refractivity contribution in [1.82, 2.24) is 5.32 Å². The first-order valence-electron chi connectivity index (χ1n) is 4.65. The summed E-state index contributed by atoms with van der Waals surface area (Å²) in [4.78, 5) is 0. The second-order valence-electron chi connectivity index (χ2n) is 2.94. The standard InChI is InChI=1S/C10H17NO3/c1-11-7-9-3-4-14-10(9)8-13-6-5-12-2/h3-4,11H,5-8H2,1-2H3. The minimum atomic E-state index is 0.507. The maximum absolute atomic E-state index is 5.36. The van der Waals surface area contributed by atoms with Gasteiger partial charge in [0.1, 0.15) is 12.4 Å². The fourth-order valence-electron chi connectivity index (χ4n) is 1.15. The molecule has 1 heterocycles. The number of hydrogen-bond donors (Lipinski definition) is 1. The molecule has 0 unspecified atom stereocenters. The van der Waals surface area contributed by atoms with Crippen molar-refractivity contribution in [3.05, 3.63) is 23.7 Å². The molecular formula is C10H17NO3. The largest absolute Gasteiger partial charge is 0.467 e. The lowest BCUT2D eigenvalue weighted by atomic mass is 10.2. The van der Waals surface area contributed by atoms with Crippen LogP contribution in [-0.2, 0) is 22.6 Å². The van der Waals surface area contributed by atoms with Gasteiger partial charge in [-0.15, -0.1) is 0 Å². The Morgan fingerprint density at radius 1 is 1.43 bits per heavy atom. The molecule has 0 aliphatic rings. The zero-order chi connectivity index (χ0) is 10.2. The van der Waals surface area contributed by atoms with Crippen LogP contribution in [0.4, 0.5) is 0 Å². The number of hydrogen-bond acceptors (Lipinski definition) is 4. The molecule has 0 aliphatic carbocycles. The van der Waals surface area contributed by atoms with Gasteiger partial charge in [0.15, 0.2) is 0 Å². The Morgan fingerprint density at radius 3 is 3.00 bits per heavy atom. The Balaban J connectivity index is 2.30. The van der Waals surface area contributed by atoms with E-state index in [1.165, 1.54) is 0 Å². The van der Waals surface area contributed by atoms with E-state index in [1.54, 1.807) is 13.4 Å². The summed E-state index contributed by atoms with van der Waals surface area (Å²) in [6.07, 6.45) is 1.68. The molecule has 0 amide bonds. The highest BCUT2D eigenvalue weighted by molar-refractivity contribution is 5.15. The molecule has 0 saturated carbocycles. The molecule has 80 valence electrons. The molecule has 0 fully saturated rings. The van der Waals surface area contributed by atoms with Gasteiger partial charge in [-0.3, -0.25) is 0 Å². The number of ether oxygens (including phenoxy) is 2. The van der Waals surface area contributed by atoms with Crippen LogP contribution in [0.5, 0.6) is 0 Å². The predicted octanol–water partition coefficient (Wildman–Crippen LogP) is 1.16. The summed E-state index contributed by atoms with van der Waals surface area (Å²) in [6, 6.07) is 1.95. The SMILES string of the molecule is CNCc1ccoc1COCCOC. The van der Waals surface area contributed by atoms with Crippen LogP contribution >= 0.6 is 0 Å². The van der Waals surface area contributed by atoms with Gasteiger partial charge >= 0.3 is 0 Å². The highest BCUT2D eigenvalue weighted by Crippen LogP contribution is 2.11. The van der Waals surface area contributed by atoms with Crippen molar-refractivity contribution in [2.24, 2.45) is 0 Å². The molecule has 0 bridgehead atoms. The Labute approximate surface area is 84.2 Å². The van der Waals surface area contributed by atoms with Gasteiger partial charge in [-0.05, 0) is 13.1 Å². The van der Waals surface area contributed by atoms with Crippen molar-refractivity contribution in [2.45, 2.75) is 13.2 Å². The summed E-state index contributed by atoms with van der Waals surface area (Å²) in [5.41, 5.74) is 1.14. The Bertz CT molecular complexity index is 247. The fraction of sp³-hybridized carbons (Fsp3) is 0.600. The summed E-state index contributed by atoms with van der Waals surface area (Å²) in [5, 5.41) is 3.07. The van der Waals surface area contributed by atoms with E-state index in [2.05, 4.69) is 5.32 Å². The predicted molar refractivity (Wildman–Crippen MR) is 53.0 cm³/mol.